The molecule has 0 amide bonds. The predicted octanol–water partition coefficient (Wildman–Crippen LogP) is 1.76. The summed E-state index contributed by atoms with van der Waals surface area (Å²) in [5, 5.41) is 0. The second-order valence-electron chi connectivity index (χ2n) is 4.33. The van der Waals surface area contributed by atoms with E-state index in [0.717, 1.165) is 24.2 Å². The van der Waals surface area contributed by atoms with Gasteiger partial charge in [-0.2, -0.15) is 0 Å². The molecule has 0 aliphatic heterocycles. The molecule has 0 spiro atoms. The molecular weight excluding hydrogens is 212 g/mol. The SMILES string of the molecule is Cc1ccncc1C(N)CCc1nccn1C. The van der Waals surface area contributed by atoms with Crippen LogP contribution in [0, 0.1) is 6.92 Å². The Morgan fingerprint density at radius 3 is 2.88 bits per heavy atom. The molecule has 2 heterocycles. The zero-order valence-electron chi connectivity index (χ0n) is 10.3. The first-order chi connectivity index (χ1) is 8.18. The second kappa shape index (κ2) is 5.10. The van der Waals surface area contributed by atoms with E-state index in [1.54, 1.807) is 6.20 Å². The fourth-order valence-electron chi connectivity index (χ4n) is 1.94. The molecule has 0 saturated carbocycles. The third kappa shape index (κ3) is 2.71. The molecule has 4 nitrogen and oxygen atoms in total. The highest BCUT2D eigenvalue weighted by atomic mass is 15.0. The summed E-state index contributed by atoms with van der Waals surface area (Å²) in [5.41, 5.74) is 8.51. The minimum Gasteiger partial charge on any atom is -0.338 e. The number of imidazole rings is 1. The quantitative estimate of drug-likeness (QED) is 0.870. The van der Waals surface area contributed by atoms with Crippen LogP contribution < -0.4 is 5.73 Å². The Kier molecular flexibility index (Phi) is 3.54. The zero-order valence-corrected chi connectivity index (χ0v) is 10.3. The van der Waals surface area contributed by atoms with E-state index in [1.165, 1.54) is 5.56 Å². The highest BCUT2D eigenvalue weighted by molar-refractivity contribution is 5.24. The van der Waals surface area contributed by atoms with Gasteiger partial charge in [-0.25, -0.2) is 4.98 Å². The van der Waals surface area contributed by atoms with Crippen LogP contribution in [0.4, 0.5) is 0 Å². The monoisotopic (exact) mass is 230 g/mol. The van der Waals surface area contributed by atoms with Gasteiger partial charge in [0.25, 0.3) is 0 Å². The van der Waals surface area contributed by atoms with Crippen molar-refractivity contribution in [1.82, 2.24) is 14.5 Å². The minimum atomic E-state index is 0.0281. The van der Waals surface area contributed by atoms with Crippen molar-refractivity contribution in [2.24, 2.45) is 12.8 Å². The van der Waals surface area contributed by atoms with Gasteiger partial charge in [0.2, 0.25) is 0 Å². The van der Waals surface area contributed by atoms with Crippen molar-refractivity contribution in [3.63, 3.8) is 0 Å². The molecule has 4 heteroatoms. The maximum Gasteiger partial charge on any atom is 0.108 e. The molecule has 0 saturated heterocycles. The lowest BCUT2D eigenvalue weighted by molar-refractivity contribution is 0.616. The Balaban J connectivity index is 2.01. The van der Waals surface area contributed by atoms with E-state index in [9.17, 15) is 0 Å². The number of aryl methyl sites for hydroxylation is 3. The zero-order chi connectivity index (χ0) is 12.3. The van der Waals surface area contributed by atoms with Crippen LogP contribution in [0.3, 0.4) is 0 Å². The van der Waals surface area contributed by atoms with E-state index in [1.807, 2.05) is 36.3 Å². The van der Waals surface area contributed by atoms with Crippen molar-refractivity contribution in [1.29, 1.82) is 0 Å². The summed E-state index contributed by atoms with van der Waals surface area (Å²) in [7, 11) is 2.00. The van der Waals surface area contributed by atoms with Gasteiger partial charge in [-0.15, -0.1) is 0 Å². The molecule has 0 aliphatic rings. The lowest BCUT2D eigenvalue weighted by Crippen LogP contribution is -2.14. The standard InChI is InChI=1S/C13H18N4/c1-10-5-6-15-9-11(10)12(14)3-4-13-16-7-8-17(13)2/h5-9,12H,3-4,14H2,1-2H3. The lowest BCUT2D eigenvalue weighted by Gasteiger charge is -2.13. The molecule has 2 rings (SSSR count). The van der Waals surface area contributed by atoms with E-state index in [2.05, 4.69) is 16.9 Å². The van der Waals surface area contributed by atoms with Crippen LogP contribution in [-0.2, 0) is 13.5 Å². The van der Waals surface area contributed by atoms with Gasteiger partial charge in [-0.1, -0.05) is 0 Å². The number of pyridine rings is 1. The van der Waals surface area contributed by atoms with E-state index in [4.69, 9.17) is 5.73 Å². The smallest absolute Gasteiger partial charge is 0.108 e. The highest BCUT2D eigenvalue weighted by Gasteiger charge is 2.10. The summed E-state index contributed by atoms with van der Waals surface area (Å²) < 4.78 is 2.03. The molecule has 17 heavy (non-hydrogen) atoms. The van der Waals surface area contributed by atoms with Crippen LogP contribution in [0.25, 0.3) is 0 Å². The third-order valence-corrected chi connectivity index (χ3v) is 3.08. The molecular formula is C13H18N4. The minimum absolute atomic E-state index is 0.0281. The first-order valence-corrected chi connectivity index (χ1v) is 5.81. The van der Waals surface area contributed by atoms with Gasteiger partial charge in [0.05, 0.1) is 0 Å². The van der Waals surface area contributed by atoms with E-state index in [-0.39, 0.29) is 6.04 Å². The lowest BCUT2D eigenvalue weighted by atomic mass is 10.0. The first-order valence-electron chi connectivity index (χ1n) is 5.81. The van der Waals surface area contributed by atoms with Gasteiger partial charge in [0.15, 0.2) is 0 Å². The normalized spacial score (nSPS) is 12.6. The summed E-state index contributed by atoms with van der Waals surface area (Å²) in [5.74, 6) is 1.07. The van der Waals surface area contributed by atoms with Crippen LogP contribution in [0.5, 0.6) is 0 Å². The number of nitrogens with zero attached hydrogens (tertiary/aromatic N) is 3. The third-order valence-electron chi connectivity index (χ3n) is 3.08. The Morgan fingerprint density at radius 1 is 1.41 bits per heavy atom. The van der Waals surface area contributed by atoms with Crippen molar-refractivity contribution in [3.8, 4) is 0 Å². The Bertz CT molecular complexity index is 490. The van der Waals surface area contributed by atoms with Crippen LogP contribution in [0.2, 0.25) is 0 Å². The molecule has 1 unspecified atom stereocenters. The van der Waals surface area contributed by atoms with Crippen LogP contribution >= 0.6 is 0 Å². The van der Waals surface area contributed by atoms with Crippen LogP contribution in [0.15, 0.2) is 30.9 Å². The number of hydrogen-bond acceptors (Lipinski definition) is 3. The predicted molar refractivity (Wildman–Crippen MR) is 67.4 cm³/mol. The highest BCUT2D eigenvalue weighted by Crippen LogP contribution is 2.18. The number of aromatic nitrogens is 3. The molecule has 1 atom stereocenters. The fraction of sp³-hybridized carbons (Fsp3) is 0.385. The van der Waals surface area contributed by atoms with Crippen LogP contribution in [-0.4, -0.2) is 14.5 Å². The average molecular weight is 230 g/mol. The van der Waals surface area contributed by atoms with Gasteiger partial charge in [0.1, 0.15) is 5.82 Å². The van der Waals surface area contributed by atoms with Gasteiger partial charge in [0, 0.05) is 44.3 Å². The number of rotatable bonds is 4. The molecule has 0 aliphatic carbocycles. The van der Waals surface area contributed by atoms with Crippen molar-refractivity contribution >= 4 is 0 Å². The Hall–Kier alpha value is -1.68. The molecule has 2 aromatic heterocycles. The fourth-order valence-corrected chi connectivity index (χ4v) is 1.94. The van der Waals surface area contributed by atoms with Crippen molar-refractivity contribution in [3.05, 3.63) is 47.8 Å². The maximum atomic E-state index is 6.19. The van der Waals surface area contributed by atoms with Crippen molar-refractivity contribution in [2.75, 3.05) is 0 Å². The van der Waals surface area contributed by atoms with Crippen molar-refractivity contribution in [2.45, 2.75) is 25.8 Å². The van der Waals surface area contributed by atoms with Gasteiger partial charge >= 0.3 is 0 Å². The Morgan fingerprint density at radius 2 is 2.24 bits per heavy atom. The largest absolute Gasteiger partial charge is 0.338 e. The van der Waals surface area contributed by atoms with Gasteiger partial charge in [-0.3, -0.25) is 4.98 Å². The van der Waals surface area contributed by atoms with Crippen molar-refractivity contribution < 1.29 is 0 Å². The molecule has 90 valence electrons. The molecule has 2 aromatic rings. The van der Waals surface area contributed by atoms with Crippen LogP contribution in [0.1, 0.15) is 29.4 Å². The summed E-state index contributed by atoms with van der Waals surface area (Å²) in [4.78, 5) is 8.42. The summed E-state index contributed by atoms with van der Waals surface area (Å²) in [6.07, 6.45) is 9.20. The molecule has 0 aromatic carbocycles. The number of nitrogens with two attached hydrogens (primary N) is 1. The summed E-state index contributed by atoms with van der Waals surface area (Å²) in [6.45, 7) is 2.07. The van der Waals surface area contributed by atoms with Gasteiger partial charge < -0.3 is 10.3 Å². The molecule has 0 bridgehead atoms. The summed E-state index contributed by atoms with van der Waals surface area (Å²) in [6, 6.07) is 2.02. The molecule has 0 fully saturated rings. The summed E-state index contributed by atoms with van der Waals surface area (Å²) >= 11 is 0. The van der Waals surface area contributed by atoms with E-state index in [0.29, 0.717) is 0 Å². The van der Waals surface area contributed by atoms with E-state index < -0.39 is 0 Å². The first kappa shape index (κ1) is 11.8. The molecule has 2 N–H and O–H groups in total. The second-order valence-corrected chi connectivity index (χ2v) is 4.33. The topological polar surface area (TPSA) is 56.7 Å². The molecule has 0 radical (unpaired) electrons. The number of hydrogen-bond donors (Lipinski definition) is 1. The van der Waals surface area contributed by atoms with E-state index >= 15 is 0 Å². The van der Waals surface area contributed by atoms with Gasteiger partial charge in [-0.05, 0) is 30.5 Å². The Labute approximate surface area is 102 Å². The average Bonchev–Trinajstić information content (AvgIpc) is 2.72. The maximum absolute atomic E-state index is 6.19.